The van der Waals surface area contributed by atoms with E-state index in [9.17, 15) is 0 Å². The SMILES string of the molecule is CCc1cc(CC)c2oc3c(-c4ccc(-c5nnc(-c6ccccc6)n5-c5ccccc5)cc4)cc(CC)cc3c2c1. The van der Waals surface area contributed by atoms with Gasteiger partial charge in [0.25, 0.3) is 0 Å². The van der Waals surface area contributed by atoms with E-state index in [0.29, 0.717) is 0 Å². The lowest BCUT2D eigenvalue weighted by molar-refractivity contribution is 0.664. The van der Waals surface area contributed by atoms with E-state index in [2.05, 4.69) is 108 Å². The van der Waals surface area contributed by atoms with Crippen LogP contribution in [0, 0.1) is 0 Å². The van der Waals surface area contributed by atoms with Crippen molar-refractivity contribution >= 4 is 21.9 Å². The second-order valence-corrected chi connectivity index (χ2v) is 10.8. The van der Waals surface area contributed by atoms with Crippen molar-refractivity contribution in [1.82, 2.24) is 14.8 Å². The van der Waals surface area contributed by atoms with Crippen LogP contribution < -0.4 is 0 Å². The Morgan fingerprint density at radius 1 is 0.548 bits per heavy atom. The van der Waals surface area contributed by atoms with Gasteiger partial charge in [-0.15, -0.1) is 10.2 Å². The van der Waals surface area contributed by atoms with Gasteiger partial charge in [-0.1, -0.05) is 99.6 Å². The van der Waals surface area contributed by atoms with Crippen LogP contribution in [0.15, 0.2) is 114 Å². The zero-order valence-corrected chi connectivity index (χ0v) is 24.3. The third-order valence-corrected chi connectivity index (χ3v) is 8.23. The molecule has 0 unspecified atom stereocenters. The molecule has 0 bridgehead atoms. The number of hydrogen-bond acceptors (Lipinski definition) is 3. The van der Waals surface area contributed by atoms with Gasteiger partial charge in [-0.2, -0.15) is 0 Å². The molecule has 0 atom stereocenters. The first-order valence-electron chi connectivity index (χ1n) is 14.9. The highest BCUT2D eigenvalue weighted by Crippen LogP contribution is 2.40. The summed E-state index contributed by atoms with van der Waals surface area (Å²) in [5.41, 5.74) is 11.2. The smallest absolute Gasteiger partial charge is 0.168 e. The zero-order chi connectivity index (χ0) is 28.6. The first-order valence-corrected chi connectivity index (χ1v) is 14.9. The Hall–Kier alpha value is -4.96. The van der Waals surface area contributed by atoms with Gasteiger partial charge in [-0.3, -0.25) is 4.57 Å². The van der Waals surface area contributed by atoms with E-state index in [0.717, 1.165) is 70.0 Å². The van der Waals surface area contributed by atoms with Gasteiger partial charge in [0.15, 0.2) is 11.6 Å². The normalized spacial score (nSPS) is 11.5. The second kappa shape index (κ2) is 10.8. The third kappa shape index (κ3) is 4.40. The van der Waals surface area contributed by atoms with Gasteiger partial charge in [-0.25, -0.2) is 0 Å². The molecular weight excluding hydrogens is 514 g/mol. The second-order valence-electron chi connectivity index (χ2n) is 10.8. The first kappa shape index (κ1) is 26.0. The van der Waals surface area contributed by atoms with Crippen LogP contribution in [0.25, 0.3) is 61.5 Å². The van der Waals surface area contributed by atoms with Crippen molar-refractivity contribution in [3.05, 3.63) is 126 Å². The molecule has 0 radical (unpaired) electrons. The van der Waals surface area contributed by atoms with Crippen LogP contribution >= 0.6 is 0 Å². The molecular formula is C38H33N3O. The fourth-order valence-electron chi connectivity index (χ4n) is 5.93. The van der Waals surface area contributed by atoms with Crippen molar-refractivity contribution in [3.8, 4) is 39.6 Å². The Labute approximate surface area is 246 Å². The molecule has 0 amide bonds. The van der Waals surface area contributed by atoms with Gasteiger partial charge >= 0.3 is 0 Å². The number of furan rings is 1. The number of para-hydroxylation sites is 1. The maximum absolute atomic E-state index is 6.68. The summed E-state index contributed by atoms with van der Waals surface area (Å²) in [6, 6.07) is 38.4. The first-order chi connectivity index (χ1) is 20.7. The van der Waals surface area contributed by atoms with E-state index in [1.54, 1.807) is 0 Å². The molecule has 0 spiro atoms. The van der Waals surface area contributed by atoms with Crippen LogP contribution in [0.4, 0.5) is 0 Å². The molecule has 0 aliphatic carbocycles. The summed E-state index contributed by atoms with van der Waals surface area (Å²) >= 11 is 0. The maximum atomic E-state index is 6.68. The minimum atomic E-state index is 0.808. The van der Waals surface area contributed by atoms with Gasteiger partial charge in [0.05, 0.1) is 0 Å². The van der Waals surface area contributed by atoms with E-state index >= 15 is 0 Å². The number of aryl methyl sites for hydroxylation is 3. The largest absolute Gasteiger partial charge is 0.455 e. The quantitative estimate of drug-likeness (QED) is 0.199. The molecule has 0 N–H and O–H groups in total. The summed E-state index contributed by atoms with van der Waals surface area (Å²) in [4.78, 5) is 0. The Bertz CT molecular complexity index is 2020. The Balaban J connectivity index is 1.37. The number of aromatic nitrogens is 3. The fourth-order valence-corrected chi connectivity index (χ4v) is 5.93. The van der Waals surface area contributed by atoms with Crippen LogP contribution in [0.1, 0.15) is 37.5 Å². The molecule has 7 aromatic rings. The summed E-state index contributed by atoms with van der Waals surface area (Å²) in [5.74, 6) is 1.63. The number of hydrogen-bond donors (Lipinski definition) is 0. The minimum absolute atomic E-state index is 0.808. The zero-order valence-electron chi connectivity index (χ0n) is 24.3. The highest BCUT2D eigenvalue weighted by Gasteiger charge is 2.19. The molecule has 2 aromatic heterocycles. The number of benzene rings is 5. The summed E-state index contributed by atoms with van der Waals surface area (Å²) in [7, 11) is 0. The van der Waals surface area contributed by atoms with Gasteiger partial charge in [0, 0.05) is 33.2 Å². The van der Waals surface area contributed by atoms with Crippen LogP contribution in [0.5, 0.6) is 0 Å². The van der Waals surface area contributed by atoms with Crippen molar-refractivity contribution in [2.45, 2.75) is 40.0 Å². The minimum Gasteiger partial charge on any atom is -0.455 e. The Morgan fingerprint density at radius 2 is 1.10 bits per heavy atom. The fraction of sp³-hybridized carbons (Fsp3) is 0.158. The number of fused-ring (bicyclic) bond motifs is 3. The van der Waals surface area contributed by atoms with Gasteiger partial charge in [0.1, 0.15) is 11.2 Å². The van der Waals surface area contributed by atoms with E-state index in [4.69, 9.17) is 4.42 Å². The molecule has 0 saturated heterocycles. The topological polar surface area (TPSA) is 43.9 Å². The number of rotatable bonds is 7. The van der Waals surface area contributed by atoms with Gasteiger partial charge in [-0.05, 0) is 71.8 Å². The summed E-state index contributed by atoms with van der Waals surface area (Å²) < 4.78 is 8.81. The molecule has 0 aliphatic heterocycles. The maximum Gasteiger partial charge on any atom is 0.168 e. The third-order valence-electron chi connectivity index (χ3n) is 8.23. The lowest BCUT2D eigenvalue weighted by atomic mass is 9.96. The molecule has 4 heteroatoms. The molecule has 5 aromatic carbocycles. The molecule has 7 rings (SSSR count). The van der Waals surface area contributed by atoms with Crippen molar-refractivity contribution < 1.29 is 4.42 Å². The molecule has 0 saturated carbocycles. The molecule has 0 fully saturated rings. The standard InChI is InChI=1S/C38H33N3O/c1-4-25-21-27(6-3)35-33(23-25)34-24-26(5-2)22-32(36(34)42-35)28-17-19-30(20-18-28)38-40-39-37(29-13-9-7-10-14-29)41(38)31-15-11-8-12-16-31/h7-24H,4-6H2,1-3H3. The highest BCUT2D eigenvalue weighted by atomic mass is 16.3. The lowest BCUT2D eigenvalue weighted by Crippen LogP contribution is -2.00. The molecule has 42 heavy (non-hydrogen) atoms. The predicted molar refractivity (Wildman–Crippen MR) is 173 cm³/mol. The molecule has 0 aliphatic rings. The van der Waals surface area contributed by atoms with E-state index in [-0.39, 0.29) is 0 Å². The van der Waals surface area contributed by atoms with Crippen molar-refractivity contribution in [2.24, 2.45) is 0 Å². The van der Waals surface area contributed by atoms with Gasteiger partial charge in [0.2, 0.25) is 0 Å². The number of nitrogens with zero attached hydrogens (tertiary/aromatic N) is 3. The Kier molecular flexibility index (Phi) is 6.67. The Morgan fingerprint density at radius 3 is 1.71 bits per heavy atom. The average Bonchev–Trinajstić information content (AvgIpc) is 3.67. The van der Waals surface area contributed by atoms with Crippen LogP contribution in [-0.2, 0) is 19.3 Å². The van der Waals surface area contributed by atoms with Crippen LogP contribution in [0.2, 0.25) is 0 Å². The predicted octanol–water partition coefficient (Wildman–Crippen LogP) is 9.85. The monoisotopic (exact) mass is 547 g/mol. The summed E-state index contributed by atoms with van der Waals surface area (Å²) in [5, 5.41) is 11.7. The average molecular weight is 548 g/mol. The van der Waals surface area contributed by atoms with Crippen LogP contribution in [0.3, 0.4) is 0 Å². The molecule has 206 valence electrons. The van der Waals surface area contributed by atoms with Crippen molar-refractivity contribution in [3.63, 3.8) is 0 Å². The van der Waals surface area contributed by atoms with Gasteiger partial charge < -0.3 is 4.42 Å². The highest BCUT2D eigenvalue weighted by molar-refractivity contribution is 6.11. The van der Waals surface area contributed by atoms with Crippen LogP contribution in [-0.4, -0.2) is 14.8 Å². The summed E-state index contributed by atoms with van der Waals surface area (Å²) in [6.07, 6.45) is 2.92. The van der Waals surface area contributed by atoms with E-state index < -0.39 is 0 Å². The van der Waals surface area contributed by atoms with Crippen molar-refractivity contribution in [2.75, 3.05) is 0 Å². The van der Waals surface area contributed by atoms with E-state index in [1.165, 1.54) is 27.5 Å². The lowest BCUT2D eigenvalue weighted by Gasteiger charge is -2.11. The van der Waals surface area contributed by atoms with E-state index in [1.807, 2.05) is 36.4 Å². The summed E-state index contributed by atoms with van der Waals surface area (Å²) in [6.45, 7) is 6.64. The molecule has 4 nitrogen and oxygen atoms in total. The molecule has 2 heterocycles. The van der Waals surface area contributed by atoms with Crippen molar-refractivity contribution in [1.29, 1.82) is 0 Å².